The van der Waals surface area contributed by atoms with Crippen molar-refractivity contribution in [2.45, 2.75) is 44.2 Å². The lowest BCUT2D eigenvalue weighted by Gasteiger charge is -2.35. The number of aliphatic carboxylic acids is 1. The molecule has 0 radical (unpaired) electrons. The van der Waals surface area contributed by atoms with Crippen molar-refractivity contribution in [1.82, 2.24) is 5.32 Å². The smallest absolute Gasteiger partial charge is 0.306 e. The van der Waals surface area contributed by atoms with Gasteiger partial charge in [-0.1, -0.05) is 0 Å². The van der Waals surface area contributed by atoms with E-state index in [-0.39, 0.29) is 12.0 Å². The van der Waals surface area contributed by atoms with Crippen molar-refractivity contribution in [1.29, 1.82) is 0 Å². The number of hydrogen-bond acceptors (Lipinski definition) is 4. The first-order valence-corrected chi connectivity index (χ1v) is 6.72. The molecule has 5 nitrogen and oxygen atoms in total. The molecule has 1 fully saturated rings. The Hall–Kier alpha value is -1.33. The molecule has 3 N–H and O–H groups in total. The molecule has 1 heterocycles. The van der Waals surface area contributed by atoms with Gasteiger partial charge < -0.3 is 19.9 Å². The maximum Gasteiger partial charge on any atom is 0.306 e. The number of carboxylic acids is 1. The largest absolute Gasteiger partial charge is 0.481 e. The molecule has 1 atom stereocenters. The van der Waals surface area contributed by atoms with Crippen LogP contribution in [-0.2, 0) is 4.79 Å². The first-order valence-electron chi connectivity index (χ1n) is 6.72. The molecule has 5 heteroatoms. The van der Waals surface area contributed by atoms with Crippen molar-refractivity contribution in [3.63, 3.8) is 0 Å². The minimum atomic E-state index is -0.799. The Morgan fingerprint density at radius 2 is 2.26 bits per heavy atom. The SMILES string of the molecule is C[C@@H](NCC1(O)CCC(C(=O)O)CC1)c1ccco1. The topological polar surface area (TPSA) is 82.7 Å². The van der Waals surface area contributed by atoms with Crippen LogP contribution in [0.4, 0.5) is 0 Å². The lowest BCUT2D eigenvalue weighted by molar-refractivity contribution is -0.144. The molecule has 0 spiro atoms. The highest BCUT2D eigenvalue weighted by atomic mass is 16.4. The van der Waals surface area contributed by atoms with Crippen LogP contribution in [0.25, 0.3) is 0 Å². The highest BCUT2D eigenvalue weighted by Gasteiger charge is 2.35. The summed E-state index contributed by atoms with van der Waals surface area (Å²) >= 11 is 0. The molecule has 1 aromatic rings. The highest BCUT2D eigenvalue weighted by Crippen LogP contribution is 2.32. The molecular formula is C14H21NO4. The van der Waals surface area contributed by atoms with Gasteiger partial charge in [0.1, 0.15) is 5.76 Å². The van der Waals surface area contributed by atoms with E-state index < -0.39 is 11.6 Å². The fraction of sp³-hybridized carbons (Fsp3) is 0.643. The van der Waals surface area contributed by atoms with Crippen LogP contribution >= 0.6 is 0 Å². The van der Waals surface area contributed by atoms with E-state index in [0.717, 1.165) is 5.76 Å². The summed E-state index contributed by atoms with van der Waals surface area (Å²) in [6.45, 7) is 2.44. The van der Waals surface area contributed by atoms with Crippen LogP contribution in [0, 0.1) is 5.92 Å². The molecule has 0 aromatic carbocycles. The van der Waals surface area contributed by atoms with Crippen LogP contribution < -0.4 is 5.32 Å². The third-order valence-electron chi connectivity index (χ3n) is 3.97. The molecule has 0 amide bonds. The van der Waals surface area contributed by atoms with E-state index in [0.29, 0.717) is 32.2 Å². The van der Waals surface area contributed by atoms with E-state index in [9.17, 15) is 9.90 Å². The Morgan fingerprint density at radius 3 is 2.79 bits per heavy atom. The van der Waals surface area contributed by atoms with E-state index in [2.05, 4.69) is 5.32 Å². The fourth-order valence-corrected chi connectivity index (χ4v) is 2.56. The van der Waals surface area contributed by atoms with Gasteiger partial charge in [-0.05, 0) is 44.7 Å². The highest BCUT2D eigenvalue weighted by molar-refractivity contribution is 5.70. The number of hydrogen-bond donors (Lipinski definition) is 3. The predicted octanol–water partition coefficient (Wildman–Crippen LogP) is 1.94. The summed E-state index contributed by atoms with van der Waals surface area (Å²) in [6, 6.07) is 3.76. The average molecular weight is 267 g/mol. The normalized spacial score (nSPS) is 29.1. The molecule has 1 aliphatic rings. The Balaban J connectivity index is 1.81. The van der Waals surface area contributed by atoms with Gasteiger partial charge in [0.2, 0.25) is 0 Å². The Kier molecular flexibility index (Phi) is 4.27. The summed E-state index contributed by atoms with van der Waals surface area (Å²) in [5.74, 6) is -0.218. The zero-order valence-electron chi connectivity index (χ0n) is 11.1. The van der Waals surface area contributed by atoms with Gasteiger partial charge in [0.05, 0.1) is 23.8 Å². The van der Waals surface area contributed by atoms with Crippen molar-refractivity contribution >= 4 is 5.97 Å². The zero-order valence-corrected chi connectivity index (χ0v) is 11.1. The number of rotatable bonds is 5. The Morgan fingerprint density at radius 1 is 1.58 bits per heavy atom. The number of furan rings is 1. The van der Waals surface area contributed by atoms with Crippen molar-refractivity contribution < 1.29 is 19.4 Å². The van der Waals surface area contributed by atoms with E-state index in [4.69, 9.17) is 9.52 Å². The van der Waals surface area contributed by atoms with E-state index >= 15 is 0 Å². The van der Waals surface area contributed by atoms with Crippen LogP contribution in [0.1, 0.15) is 44.4 Å². The molecule has 0 saturated heterocycles. The lowest BCUT2D eigenvalue weighted by atomic mass is 9.78. The summed E-state index contributed by atoms with van der Waals surface area (Å²) < 4.78 is 5.29. The second kappa shape index (κ2) is 5.75. The molecule has 2 rings (SSSR count). The van der Waals surface area contributed by atoms with Crippen LogP contribution in [0.15, 0.2) is 22.8 Å². The Bertz CT molecular complexity index is 407. The summed E-state index contributed by atoms with van der Waals surface area (Å²) in [4.78, 5) is 10.9. The maximum absolute atomic E-state index is 10.9. The van der Waals surface area contributed by atoms with Crippen molar-refractivity contribution in [3.05, 3.63) is 24.2 Å². The minimum absolute atomic E-state index is 0.0382. The van der Waals surface area contributed by atoms with Crippen LogP contribution in [0.5, 0.6) is 0 Å². The van der Waals surface area contributed by atoms with Gasteiger partial charge in [0.15, 0.2) is 0 Å². The van der Waals surface area contributed by atoms with Gasteiger partial charge in [0.25, 0.3) is 0 Å². The molecule has 19 heavy (non-hydrogen) atoms. The second-order valence-corrected chi connectivity index (χ2v) is 5.45. The van der Waals surface area contributed by atoms with Crippen molar-refractivity contribution in [2.24, 2.45) is 5.92 Å². The number of aliphatic hydroxyl groups is 1. The summed E-state index contributed by atoms with van der Waals surface area (Å²) in [6.07, 6.45) is 3.77. The number of carbonyl (C=O) groups is 1. The van der Waals surface area contributed by atoms with Gasteiger partial charge in [-0.3, -0.25) is 4.79 Å². The minimum Gasteiger partial charge on any atom is -0.481 e. The second-order valence-electron chi connectivity index (χ2n) is 5.45. The van der Waals surface area contributed by atoms with Crippen LogP contribution in [0.3, 0.4) is 0 Å². The maximum atomic E-state index is 10.9. The Labute approximate surface area is 112 Å². The number of nitrogens with one attached hydrogen (secondary N) is 1. The van der Waals surface area contributed by atoms with Gasteiger partial charge in [0, 0.05) is 6.54 Å². The number of carboxylic acid groups (broad SMARTS) is 1. The first kappa shape index (κ1) is 14.1. The lowest BCUT2D eigenvalue weighted by Crippen LogP contribution is -2.45. The molecular weight excluding hydrogens is 246 g/mol. The molecule has 0 bridgehead atoms. The molecule has 1 saturated carbocycles. The first-order chi connectivity index (χ1) is 9.00. The van der Waals surface area contributed by atoms with E-state index in [1.807, 2.05) is 19.1 Å². The average Bonchev–Trinajstić information content (AvgIpc) is 2.90. The van der Waals surface area contributed by atoms with Gasteiger partial charge in [-0.2, -0.15) is 0 Å². The summed E-state index contributed by atoms with van der Waals surface area (Å²) in [5, 5.41) is 22.6. The zero-order chi connectivity index (χ0) is 13.9. The van der Waals surface area contributed by atoms with Gasteiger partial charge in [-0.15, -0.1) is 0 Å². The quantitative estimate of drug-likeness (QED) is 0.759. The van der Waals surface area contributed by atoms with E-state index in [1.54, 1.807) is 6.26 Å². The van der Waals surface area contributed by atoms with Crippen molar-refractivity contribution in [2.75, 3.05) is 6.54 Å². The third-order valence-corrected chi connectivity index (χ3v) is 3.97. The summed E-state index contributed by atoms with van der Waals surface area (Å²) in [7, 11) is 0. The third kappa shape index (κ3) is 3.58. The monoisotopic (exact) mass is 267 g/mol. The molecule has 1 aromatic heterocycles. The molecule has 0 aliphatic heterocycles. The van der Waals surface area contributed by atoms with Crippen LogP contribution in [-0.4, -0.2) is 28.3 Å². The summed E-state index contributed by atoms with van der Waals surface area (Å²) in [5.41, 5.74) is -0.799. The van der Waals surface area contributed by atoms with E-state index in [1.165, 1.54) is 0 Å². The van der Waals surface area contributed by atoms with Gasteiger partial charge in [-0.25, -0.2) is 0 Å². The van der Waals surface area contributed by atoms with Crippen LogP contribution in [0.2, 0.25) is 0 Å². The molecule has 106 valence electrons. The molecule has 0 unspecified atom stereocenters. The fourth-order valence-electron chi connectivity index (χ4n) is 2.56. The van der Waals surface area contributed by atoms with Crippen molar-refractivity contribution in [3.8, 4) is 0 Å². The standard InChI is InChI=1S/C14H21NO4/c1-10(12-3-2-8-19-12)15-9-14(18)6-4-11(5-7-14)13(16)17/h2-3,8,10-11,15,18H,4-7,9H2,1H3,(H,16,17)/t10-,11?,14?/m1/s1. The predicted molar refractivity (Wildman–Crippen MR) is 69.7 cm³/mol. The molecule has 1 aliphatic carbocycles. The van der Waals surface area contributed by atoms with Gasteiger partial charge >= 0.3 is 5.97 Å².